The van der Waals surface area contributed by atoms with E-state index < -0.39 is 0 Å². The standard InChI is InChI=1S/C23H20N2O2S/c26-15-25(16-11-13-24-14-12-16)19-9-10-20(27-17-5-1-2-6-17)23-22(19)18-7-3-4-8-21(18)28-23/h3-4,7-15,17H,1-2,5-6H2. The maximum absolute atomic E-state index is 12.0. The average molecular weight is 388 g/mol. The monoisotopic (exact) mass is 388 g/mol. The molecule has 1 amide bonds. The van der Waals surface area contributed by atoms with Crippen LogP contribution in [0.25, 0.3) is 20.2 Å². The summed E-state index contributed by atoms with van der Waals surface area (Å²) in [6.45, 7) is 0. The quantitative estimate of drug-likeness (QED) is 0.390. The maximum atomic E-state index is 12.0. The highest BCUT2D eigenvalue weighted by Crippen LogP contribution is 2.46. The number of carbonyl (C=O) groups is 1. The van der Waals surface area contributed by atoms with E-state index in [4.69, 9.17) is 4.74 Å². The molecule has 1 aliphatic rings. The van der Waals surface area contributed by atoms with Crippen molar-refractivity contribution in [2.75, 3.05) is 4.90 Å². The number of rotatable bonds is 5. The van der Waals surface area contributed by atoms with Crippen LogP contribution in [0.1, 0.15) is 25.7 Å². The molecule has 2 heterocycles. The van der Waals surface area contributed by atoms with E-state index in [1.165, 1.54) is 17.5 Å². The Labute approximate surface area is 167 Å². The maximum Gasteiger partial charge on any atom is 0.218 e. The summed E-state index contributed by atoms with van der Waals surface area (Å²) in [7, 11) is 0. The Balaban J connectivity index is 1.72. The third-order valence-corrected chi connectivity index (χ3v) is 6.56. The third-order valence-electron chi connectivity index (χ3n) is 5.37. The van der Waals surface area contributed by atoms with Crippen LogP contribution in [-0.2, 0) is 4.79 Å². The van der Waals surface area contributed by atoms with Gasteiger partial charge in [0, 0.05) is 27.9 Å². The van der Waals surface area contributed by atoms with Crippen LogP contribution in [0.2, 0.25) is 0 Å². The van der Waals surface area contributed by atoms with Gasteiger partial charge in [0.1, 0.15) is 5.75 Å². The minimum Gasteiger partial charge on any atom is -0.489 e. The van der Waals surface area contributed by atoms with Crippen molar-refractivity contribution in [3.63, 3.8) is 0 Å². The van der Waals surface area contributed by atoms with Crippen LogP contribution in [0.15, 0.2) is 60.9 Å². The summed E-state index contributed by atoms with van der Waals surface area (Å²) in [5.41, 5.74) is 1.67. The number of amides is 1. The second kappa shape index (κ2) is 7.24. The average Bonchev–Trinajstić information content (AvgIpc) is 3.39. The number of aromatic nitrogens is 1. The summed E-state index contributed by atoms with van der Waals surface area (Å²) in [5.74, 6) is 0.924. The number of anilines is 2. The van der Waals surface area contributed by atoms with Crippen molar-refractivity contribution in [2.24, 2.45) is 0 Å². The Morgan fingerprint density at radius 3 is 2.61 bits per heavy atom. The lowest BCUT2D eigenvalue weighted by molar-refractivity contribution is -0.106. The molecule has 0 aliphatic heterocycles. The first kappa shape index (κ1) is 17.2. The normalized spacial score (nSPS) is 14.6. The number of fused-ring (bicyclic) bond motifs is 3. The molecule has 4 aromatic rings. The van der Waals surface area contributed by atoms with Crippen LogP contribution >= 0.6 is 11.3 Å². The van der Waals surface area contributed by atoms with Crippen LogP contribution in [0, 0.1) is 0 Å². The predicted octanol–water partition coefficient (Wildman–Crippen LogP) is 6.07. The number of ether oxygens (including phenoxy) is 1. The lowest BCUT2D eigenvalue weighted by Crippen LogP contribution is -2.15. The molecule has 0 atom stereocenters. The summed E-state index contributed by atoms with van der Waals surface area (Å²) in [6.07, 6.45) is 9.27. The van der Waals surface area contributed by atoms with Gasteiger partial charge in [-0.1, -0.05) is 18.2 Å². The molecule has 1 saturated carbocycles. The zero-order valence-corrected chi connectivity index (χ0v) is 16.2. The first-order valence-corrected chi connectivity index (χ1v) is 10.4. The zero-order valence-electron chi connectivity index (χ0n) is 15.4. The minimum absolute atomic E-state index is 0.293. The molecule has 28 heavy (non-hydrogen) atoms. The number of nitrogens with zero attached hydrogens (tertiary/aromatic N) is 2. The van der Waals surface area contributed by atoms with Crippen molar-refractivity contribution >= 4 is 49.3 Å². The van der Waals surface area contributed by atoms with Crippen molar-refractivity contribution < 1.29 is 9.53 Å². The second-order valence-electron chi connectivity index (χ2n) is 7.09. The number of carbonyl (C=O) groups excluding carboxylic acids is 1. The van der Waals surface area contributed by atoms with Gasteiger partial charge in [0.2, 0.25) is 6.41 Å². The fourth-order valence-electron chi connectivity index (χ4n) is 4.03. The molecule has 0 spiro atoms. The van der Waals surface area contributed by atoms with Crippen molar-refractivity contribution in [1.29, 1.82) is 0 Å². The minimum atomic E-state index is 0.293. The van der Waals surface area contributed by atoms with Gasteiger partial charge in [0.25, 0.3) is 0 Å². The largest absolute Gasteiger partial charge is 0.489 e. The first-order chi connectivity index (χ1) is 13.8. The van der Waals surface area contributed by atoms with Gasteiger partial charge in [-0.25, -0.2) is 0 Å². The smallest absolute Gasteiger partial charge is 0.218 e. The van der Waals surface area contributed by atoms with Crippen LogP contribution in [-0.4, -0.2) is 17.5 Å². The summed E-state index contributed by atoms with van der Waals surface area (Å²) in [5, 5.41) is 2.22. The van der Waals surface area contributed by atoms with Gasteiger partial charge in [0.05, 0.1) is 22.2 Å². The lowest BCUT2D eigenvalue weighted by atomic mass is 10.1. The molecule has 2 aromatic carbocycles. The van der Waals surface area contributed by atoms with Gasteiger partial charge < -0.3 is 4.74 Å². The molecule has 140 valence electrons. The summed E-state index contributed by atoms with van der Waals surface area (Å²) >= 11 is 1.73. The number of benzene rings is 2. The molecule has 1 fully saturated rings. The Bertz CT molecular complexity index is 1130. The van der Waals surface area contributed by atoms with Crippen molar-refractivity contribution in [3.05, 3.63) is 60.9 Å². The number of pyridine rings is 1. The summed E-state index contributed by atoms with van der Waals surface area (Å²) < 4.78 is 8.69. The summed E-state index contributed by atoms with van der Waals surface area (Å²) in [6, 6.07) is 16.0. The Morgan fingerprint density at radius 2 is 1.82 bits per heavy atom. The number of thiophene rings is 1. The van der Waals surface area contributed by atoms with E-state index >= 15 is 0 Å². The fourth-order valence-corrected chi connectivity index (χ4v) is 5.21. The number of hydrogen-bond acceptors (Lipinski definition) is 4. The SMILES string of the molecule is O=CN(c1ccncc1)c1ccc(OC2CCCC2)c2sc3ccccc3c12. The molecule has 4 nitrogen and oxygen atoms in total. The molecule has 0 saturated heterocycles. The lowest BCUT2D eigenvalue weighted by Gasteiger charge is -2.20. The van der Waals surface area contributed by atoms with E-state index in [1.807, 2.05) is 30.3 Å². The van der Waals surface area contributed by atoms with Crippen LogP contribution < -0.4 is 9.64 Å². The molecule has 0 N–H and O–H groups in total. The fraction of sp³-hybridized carbons (Fsp3) is 0.217. The highest BCUT2D eigenvalue weighted by atomic mass is 32.1. The van der Waals surface area contributed by atoms with Crippen LogP contribution in [0.5, 0.6) is 5.75 Å². The highest BCUT2D eigenvalue weighted by Gasteiger charge is 2.22. The van der Waals surface area contributed by atoms with Crippen LogP contribution in [0.4, 0.5) is 11.4 Å². The van der Waals surface area contributed by atoms with Gasteiger partial charge >= 0.3 is 0 Å². The number of hydrogen-bond donors (Lipinski definition) is 0. The van der Waals surface area contributed by atoms with Gasteiger partial charge in [0.15, 0.2) is 0 Å². The van der Waals surface area contributed by atoms with E-state index in [0.29, 0.717) is 6.10 Å². The Morgan fingerprint density at radius 1 is 1.04 bits per heavy atom. The van der Waals surface area contributed by atoms with E-state index in [0.717, 1.165) is 51.8 Å². The molecule has 5 rings (SSSR count). The predicted molar refractivity (Wildman–Crippen MR) is 115 cm³/mol. The molecule has 5 heteroatoms. The summed E-state index contributed by atoms with van der Waals surface area (Å²) in [4.78, 5) is 17.8. The second-order valence-corrected chi connectivity index (χ2v) is 8.14. The third kappa shape index (κ3) is 2.92. The Hall–Kier alpha value is -2.92. The van der Waals surface area contributed by atoms with E-state index in [1.54, 1.807) is 28.6 Å². The molecule has 0 radical (unpaired) electrons. The molecular formula is C23H20N2O2S. The van der Waals surface area contributed by atoms with Crippen molar-refractivity contribution in [2.45, 2.75) is 31.8 Å². The van der Waals surface area contributed by atoms with Crippen LogP contribution in [0.3, 0.4) is 0 Å². The molecule has 2 aromatic heterocycles. The molecular weight excluding hydrogens is 368 g/mol. The van der Waals surface area contributed by atoms with Gasteiger partial charge in [-0.05, 0) is 56.0 Å². The van der Waals surface area contributed by atoms with E-state index in [-0.39, 0.29) is 0 Å². The van der Waals surface area contributed by atoms with Crippen molar-refractivity contribution in [1.82, 2.24) is 4.98 Å². The first-order valence-electron chi connectivity index (χ1n) is 9.60. The van der Waals surface area contributed by atoms with E-state index in [9.17, 15) is 4.79 Å². The topological polar surface area (TPSA) is 42.4 Å². The molecule has 1 aliphatic carbocycles. The highest BCUT2D eigenvalue weighted by molar-refractivity contribution is 7.26. The van der Waals surface area contributed by atoms with Gasteiger partial charge in [-0.15, -0.1) is 11.3 Å². The van der Waals surface area contributed by atoms with Crippen molar-refractivity contribution in [3.8, 4) is 5.75 Å². The molecule has 0 unspecified atom stereocenters. The van der Waals surface area contributed by atoms with Gasteiger partial charge in [-0.2, -0.15) is 0 Å². The van der Waals surface area contributed by atoms with E-state index in [2.05, 4.69) is 23.2 Å². The molecule has 0 bridgehead atoms. The Kier molecular flexibility index (Phi) is 4.45. The van der Waals surface area contributed by atoms with Gasteiger partial charge in [-0.3, -0.25) is 14.7 Å². The zero-order chi connectivity index (χ0) is 18.9.